The lowest BCUT2D eigenvalue weighted by atomic mass is 9.82. The van der Waals surface area contributed by atoms with Crippen LogP contribution in [0.2, 0.25) is 0 Å². The Hall–Kier alpha value is -1.69. The molecule has 4 atom stereocenters. The first-order valence-corrected chi connectivity index (χ1v) is 6.28. The fourth-order valence-electron chi connectivity index (χ4n) is 2.68. The average molecular weight is 286 g/mol. The van der Waals surface area contributed by atoms with Crippen LogP contribution in [0.15, 0.2) is 12.1 Å². The van der Waals surface area contributed by atoms with E-state index in [-0.39, 0.29) is 17.8 Å². The summed E-state index contributed by atoms with van der Waals surface area (Å²) >= 11 is 0. The van der Waals surface area contributed by atoms with E-state index in [9.17, 15) is 18.7 Å². The molecule has 1 heterocycles. The largest absolute Gasteiger partial charge is 0.493 e. The first kappa shape index (κ1) is 14.7. The molecule has 0 radical (unpaired) electrons. The number of aliphatic carboxylic acids is 1. The minimum absolute atomic E-state index is 0.158. The maximum atomic E-state index is 13.8. The van der Waals surface area contributed by atoms with Gasteiger partial charge in [-0.1, -0.05) is 13.0 Å². The second-order valence-electron chi connectivity index (χ2n) is 4.97. The second-order valence-corrected chi connectivity index (χ2v) is 4.97. The van der Waals surface area contributed by atoms with Gasteiger partial charge in [0.15, 0.2) is 17.7 Å². The smallest absolute Gasteiger partial charge is 0.333 e. The lowest BCUT2D eigenvalue weighted by Gasteiger charge is -2.21. The fraction of sp³-hybridized carbons (Fsp3) is 0.500. The Morgan fingerprint density at radius 3 is 2.55 bits per heavy atom. The number of benzene rings is 1. The molecule has 1 saturated heterocycles. The van der Waals surface area contributed by atoms with Gasteiger partial charge in [-0.2, -0.15) is 4.39 Å². The molecular formula is C14H16F2O4. The second kappa shape index (κ2) is 5.36. The van der Waals surface area contributed by atoms with Crippen LogP contribution in [-0.2, 0) is 9.53 Å². The number of carboxylic acid groups (broad SMARTS) is 1. The van der Waals surface area contributed by atoms with Gasteiger partial charge in [0.05, 0.1) is 13.2 Å². The van der Waals surface area contributed by atoms with Gasteiger partial charge in [0.1, 0.15) is 0 Å². The Morgan fingerprint density at radius 1 is 1.35 bits per heavy atom. The summed E-state index contributed by atoms with van der Waals surface area (Å²) in [6, 6.07) is 2.33. The molecule has 2 rings (SSSR count). The molecule has 110 valence electrons. The normalized spacial score (nSPS) is 29.4. The van der Waals surface area contributed by atoms with E-state index in [1.165, 1.54) is 13.2 Å². The Balaban J connectivity index is 2.54. The van der Waals surface area contributed by atoms with Gasteiger partial charge in [-0.3, -0.25) is 0 Å². The zero-order valence-electron chi connectivity index (χ0n) is 11.4. The summed E-state index contributed by atoms with van der Waals surface area (Å²) in [5.74, 6) is -4.27. The Bertz CT molecular complexity index is 532. The highest BCUT2D eigenvalue weighted by molar-refractivity contribution is 5.74. The van der Waals surface area contributed by atoms with Crippen molar-refractivity contribution in [3.63, 3.8) is 0 Å². The Kier molecular flexibility index (Phi) is 3.94. The Morgan fingerprint density at radius 2 is 2.00 bits per heavy atom. The predicted molar refractivity (Wildman–Crippen MR) is 66.8 cm³/mol. The molecule has 0 saturated carbocycles. The fourth-order valence-corrected chi connectivity index (χ4v) is 2.68. The number of carboxylic acids is 1. The van der Waals surface area contributed by atoms with E-state index in [2.05, 4.69) is 0 Å². The van der Waals surface area contributed by atoms with Crippen LogP contribution in [0.4, 0.5) is 8.78 Å². The molecule has 20 heavy (non-hydrogen) atoms. The molecule has 4 nitrogen and oxygen atoms in total. The number of methoxy groups -OCH3 is 1. The van der Waals surface area contributed by atoms with Gasteiger partial charge >= 0.3 is 5.97 Å². The van der Waals surface area contributed by atoms with Gasteiger partial charge in [0.25, 0.3) is 0 Å². The summed E-state index contributed by atoms with van der Waals surface area (Å²) in [6.45, 7) is 3.58. The molecule has 0 spiro atoms. The average Bonchev–Trinajstić information content (AvgIpc) is 2.69. The summed E-state index contributed by atoms with van der Waals surface area (Å²) in [6.07, 6.45) is -1.39. The summed E-state index contributed by atoms with van der Waals surface area (Å²) in [4.78, 5) is 11.3. The van der Waals surface area contributed by atoms with Crippen LogP contribution in [-0.4, -0.2) is 30.4 Å². The van der Waals surface area contributed by atoms with Crippen LogP contribution < -0.4 is 4.74 Å². The van der Waals surface area contributed by atoms with Gasteiger partial charge in [-0.15, -0.1) is 0 Å². The topological polar surface area (TPSA) is 55.8 Å². The first-order chi connectivity index (χ1) is 9.38. The molecule has 0 aliphatic carbocycles. The van der Waals surface area contributed by atoms with Crippen molar-refractivity contribution in [3.05, 3.63) is 29.3 Å². The van der Waals surface area contributed by atoms with E-state index in [1.807, 2.05) is 6.92 Å². The number of hydrogen-bond donors (Lipinski definition) is 1. The van der Waals surface area contributed by atoms with Gasteiger partial charge in [0.2, 0.25) is 5.82 Å². The van der Waals surface area contributed by atoms with E-state index in [0.717, 1.165) is 6.07 Å². The molecule has 1 aromatic carbocycles. The lowest BCUT2D eigenvalue weighted by Crippen LogP contribution is -2.27. The van der Waals surface area contributed by atoms with Gasteiger partial charge < -0.3 is 14.6 Å². The SMILES string of the molecule is COc1c([C@@H]2[C@H](C)[C@H](C)O[C@H]2C(=O)O)ccc(F)c1F. The predicted octanol–water partition coefficient (Wildman–Crippen LogP) is 2.57. The zero-order chi connectivity index (χ0) is 15.0. The van der Waals surface area contributed by atoms with E-state index < -0.39 is 29.6 Å². The maximum Gasteiger partial charge on any atom is 0.333 e. The van der Waals surface area contributed by atoms with E-state index in [4.69, 9.17) is 9.47 Å². The monoisotopic (exact) mass is 286 g/mol. The van der Waals surface area contributed by atoms with E-state index in [1.54, 1.807) is 6.92 Å². The minimum atomic E-state index is -1.13. The molecule has 1 fully saturated rings. The van der Waals surface area contributed by atoms with Crippen LogP contribution in [0.5, 0.6) is 5.75 Å². The summed E-state index contributed by atoms with van der Waals surface area (Å²) in [5, 5.41) is 9.23. The van der Waals surface area contributed by atoms with Crippen LogP contribution in [0, 0.1) is 17.6 Å². The molecule has 0 bridgehead atoms. The highest BCUT2D eigenvalue weighted by atomic mass is 19.2. The number of carbonyl (C=O) groups is 1. The third-order valence-electron chi connectivity index (χ3n) is 3.88. The number of rotatable bonds is 3. The van der Waals surface area contributed by atoms with Crippen LogP contribution in [0.3, 0.4) is 0 Å². The molecule has 1 aliphatic rings. The van der Waals surface area contributed by atoms with Crippen molar-refractivity contribution >= 4 is 5.97 Å². The first-order valence-electron chi connectivity index (χ1n) is 6.28. The van der Waals surface area contributed by atoms with Gasteiger partial charge in [-0.25, -0.2) is 9.18 Å². The third kappa shape index (κ3) is 2.24. The highest BCUT2D eigenvalue weighted by Gasteiger charge is 2.46. The molecule has 0 amide bonds. The van der Waals surface area contributed by atoms with Crippen molar-refractivity contribution < 1.29 is 28.2 Å². The van der Waals surface area contributed by atoms with Gasteiger partial charge in [0, 0.05) is 11.5 Å². The lowest BCUT2D eigenvalue weighted by molar-refractivity contribution is -0.149. The number of hydrogen-bond acceptors (Lipinski definition) is 3. The van der Waals surface area contributed by atoms with Crippen LogP contribution in [0.1, 0.15) is 25.3 Å². The zero-order valence-corrected chi connectivity index (χ0v) is 11.4. The standard InChI is InChI=1S/C14H16F2O4/c1-6-7(2)20-13(14(17)18)10(6)8-4-5-9(15)11(16)12(8)19-3/h4-7,10,13H,1-3H3,(H,17,18)/t6-,7+,10+,13-/m1/s1. The molecule has 0 aromatic heterocycles. The van der Waals surface area contributed by atoms with Crippen molar-refractivity contribution in [3.8, 4) is 5.75 Å². The maximum absolute atomic E-state index is 13.8. The van der Waals surface area contributed by atoms with Crippen molar-refractivity contribution in [2.24, 2.45) is 5.92 Å². The third-order valence-corrected chi connectivity index (χ3v) is 3.88. The minimum Gasteiger partial charge on any atom is -0.493 e. The van der Waals surface area contributed by atoms with Gasteiger partial charge in [-0.05, 0) is 18.9 Å². The van der Waals surface area contributed by atoms with E-state index >= 15 is 0 Å². The summed E-state index contributed by atoms with van der Waals surface area (Å²) < 4.78 is 37.4. The van der Waals surface area contributed by atoms with Crippen molar-refractivity contribution in [1.82, 2.24) is 0 Å². The Labute approximate surface area is 115 Å². The molecular weight excluding hydrogens is 270 g/mol. The van der Waals surface area contributed by atoms with Crippen LogP contribution >= 0.6 is 0 Å². The molecule has 1 aromatic rings. The van der Waals surface area contributed by atoms with E-state index in [0.29, 0.717) is 5.56 Å². The van der Waals surface area contributed by atoms with Crippen LogP contribution in [0.25, 0.3) is 0 Å². The highest BCUT2D eigenvalue weighted by Crippen LogP contribution is 2.44. The van der Waals surface area contributed by atoms with Crippen molar-refractivity contribution in [2.45, 2.75) is 32.0 Å². The van der Waals surface area contributed by atoms with Crippen molar-refractivity contribution in [2.75, 3.05) is 7.11 Å². The van der Waals surface area contributed by atoms with Crippen molar-refractivity contribution in [1.29, 1.82) is 0 Å². The number of halogens is 2. The molecule has 1 aliphatic heterocycles. The molecule has 0 unspecified atom stereocenters. The quantitative estimate of drug-likeness (QED) is 0.928. The molecule has 1 N–H and O–H groups in total. The summed E-state index contributed by atoms with van der Waals surface area (Å²) in [7, 11) is 1.22. The summed E-state index contributed by atoms with van der Waals surface area (Å²) in [5.41, 5.74) is 0.315. The number of ether oxygens (including phenoxy) is 2. The molecule has 6 heteroatoms.